The van der Waals surface area contributed by atoms with E-state index in [2.05, 4.69) is 5.32 Å². The van der Waals surface area contributed by atoms with Gasteiger partial charge < -0.3 is 16.0 Å². The third kappa shape index (κ3) is 3.98. The molecule has 1 atom stereocenters. The summed E-state index contributed by atoms with van der Waals surface area (Å²) in [7, 11) is 1.56. The molecule has 5 heteroatoms. The first-order valence-electron chi connectivity index (χ1n) is 6.34. The molecule has 1 aromatic rings. The molecule has 0 fully saturated rings. The lowest BCUT2D eigenvalue weighted by Crippen LogP contribution is -2.41. The molecule has 1 aromatic carbocycles. The summed E-state index contributed by atoms with van der Waals surface area (Å²) in [5.41, 5.74) is 7.21. The van der Waals surface area contributed by atoms with E-state index >= 15 is 0 Å². The van der Waals surface area contributed by atoms with Gasteiger partial charge in [0.05, 0.1) is 12.5 Å². The van der Waals surface area contributed by atoms with Gasteiger partial charge in [0.25, 0.3) is 0 Å². The lowest BCUT2D eigenvalue weighted by Gasteiger charge is -2.24. The molecular formula is C14H21N3O2. The number of nitrogens with two attached hydrogens (primary N) is 1. The minimum absolute atomic E-state index is 0.0725. The Bertz CT molecular complexity index is 460. The Kier molecular flexibility index (Phi) is 5.36. The van der Waals surface area contributed by atoms with Gasteiger partial charge in [0, 0.05) is 19.3 Å². The number of anilines is 1. The van der Waals surface area contributed by atoms with Gasteiger partial charge in [0.15, 0.2) is 0 Å². The monoisotopic (exact) mass is 263 g/mol. The summed E-state index contributed by atoms with van der Waals surface area (Å²) in [5, 5.41) is 2.52. The molecule has 0 radical (unpaired) electrons. The van der Waals surface area contributed by atoms with Crippen LogP contribution in [-0.4, -0.2) is 36.9 Å². The van der Waals surface area contributed by atoms with Crippen LogP contribution in [-0.2, 0) is 9.59 Å². The molecule has 0 heterocycles. The molecule has 0 bridgehead atoms. The molecule has 0 saturated heterocycles. The predicted molar refractivity (Wildman–Crippen MR) is 75.6 cm³/mol. The molecule has 0 aliphatic carbocycles. The highest BCUT2D eigenvalue weighted by molar-refractivity contribution is 5.88. The highest BCUT2D eigenvalue weighted by Crippen LogP contribution is 2.20. The van der Waals surface area contributed by atoms with E-state index in [1.54, 1.807) is 19.2 Å². The van der Waals surface area contributed by atoms with Crippen LogP contribution in [0.3, 0.4) is 0 Å². The number of nitrogens with one attached hydrogen (secondary N) is 1. The highest BCUT2D eigenvalue weighted by atomic mass is 16.2. The van der Waals surface area contributed by atoms with Crippen molar-refractivity contribution in [3.8, 4) is 0 Å². The number of carbonyl (C=O) groups is 2. The molecule has 0 saturated carbocycles. The lowest BCUT2D eigenvalue weighted by atomic mass is 9.99. The standard InChI is InChI=1S/C14H21N3O2/c1-4-17(9-13(18)16-3)14(19)10(2)11-6-5-7-12(15)8-11/h5-8,10H,4,9,15H2,1-3H3,(H,16,18). The fourth-order valence-corrected chi connectivity index (χ4v) is 1.84. The normalized spacial score (nSPS) is 11.7. The van der Waals surface area contributed by atoms with Gasteiger partial charge in [-0.15, -0.1) is 0 Å². The summed E-state index contributed by atoms with van der Waals surface area (Å²) < 4.78 is 0. The number of rotatable bonds is 5. The maximum absolute atomic E-state index is 12.3. The molecule has 0 aromatic heterocycles. The average Bonchev–Trinajstić information content (AvgIpc) is 2.42. The molecule has 0 spiro atoms. The molecule has 1 unspecified atom stereocenters. The SMILES string of the molecule is CCN(CC(=O)NC)C(=O)C(C)c1cccc(N)c1. The van der Waals surface area contributed by atoms with Crippen LogP contribution >= 0.6 is 0 Å². The van der Waals surface area contributed by atoms with Gasteiger partial charge in [0.1, 0.15) is 0 Å². The van der Waals surface area contributed by atoms with E-state index in [-0.39, 0.29) is 24.3 Å². The second-order valence-electron chi connectivity index (χ2n) is 4.42. The molecule has 0 aliphatic heterocycles. The van der Waals surface area contributed by atoms with Crippen LogP contribution in [0.4, 0.5) is 5.69 Å². The van der Waals surface area contributed by atoms with Gasteiger partial charge in [0.2, 0.25) is 11.8 Å². The van der Waals surface area contributed by atoms with E-state index < -0.39 is 0 Å². The van der Waals surface area contributed by atoms with E-state index in [1.165, 1.54) is 4.90 Å². The molecular weight excluding hydrogens is 242 g/mol. The van der Waals surface area contributed by atoms with Crippen LogP contribution in [0.2, 0.25) is 0 Å². The summed E-state index contributed by atoms with van der Waals surface area (Å²) >= 11 is 0. The molecule has 0 aliphatic rings. The van der Waals surface area contributed by atoms with Crippen LogP contribution in [0.5, 0.6) is 0 Å². The number of nitrogens with zero attached hydrogens (tertiary/aromatic N) is 1. The van der Waals surface area contributed by atoms with E-state index in [0.29, 0.717) is 12.2 Å². The van der Waals surface area contributed by atoms with E-state index in [9.17, 15) is 9.59 Å². The molecule has 5 nitrogen and oxygen atoms in total. The van der Waals surface area contributed by atoms with Gasteiger partial charge in [-0.3, -0.25) is 9.59 Å². The van der Waals surface area contributed by atoms with E-state index in [0.717, 1.165) is 5.56 Å². The van der Waals surface area contributed by atoms with Crippen LogP contribution in [0.1, 0.15) is 25.3 Å². The summed E-state index contributed by atoms with van der Waals surface area (Å²) in [5.74, 6) is -0.556. The fraction of sp³-hybridized carbons (Fsp3) is 0.429. The maximum Gasteiger partial charge on any atom is 0.239 e. The maximum atomic E-state index is 12.3. The summed E-state index contributed by atoms with van der Waals surface area (Å²) in [6.45, 7) is 4.26. The zero-order chi connectivity index (χ0) is 14.4. The Hall–Kier alpha value is -2.04. The number of hydrogen-bond acceptors (Lipinski definition) is 3. The van der Waals surface area contributed by atoms with Crippen molar-refractivity contribution in [3.05, 3.63) is 29.8 Å². The molecule has 1 rings (SSSR count). The zero-order valence-corrected chi connectivity index (χ0v) is 11.6. The van der Waals surface area contributed by atoms with Crippen molar-refractivity contribution in [2.45, 2.75) is 19.8 Å². The first-order valence-corrected chi connectivity index (χ1v) is 6.34. The minimum atomic E-state index is -0.312. The fourth-order valence-electron chi connectivity index (χ4n) is 1.84. The number of hydrogen-bond donors (Lipinski definition) is 2. The van der Waals surface area contributed by atoms with Gasteiger partial charge in [-0.05, 0) is 31.5 Å². The van der Waals surface area contributed by atoms with Gasteiger partial charge in [-0.2, -0.15) is 0 Å². The van der Waals surface area contributed by atoms with Gasteiger partial charge in [-0.1, -0.05) is 12.1 Å². The van der Waals surface area contributed by atoms with Crippen molar-refractivity contribution < 1.29 is 9.59 Å². The third-order valence-electron chi connectivity index (χ3n) is 3.09. The number of benzene rings is 1. The molecule has 2 amide bonds. The Labute approximate surface area is 113 Å². The Morgan fingerprint density at radius 1 is 1.42 bits per heavy atom. The van der Waals surface area contributed by atoms with Crippen LogP contribution in [0.15, 0.2) is 24.3 Å². The summed E-state index contributed by atoms with van der Waals surface area (Å²) in [4.78, 5) is 25.3. The van der Waals surface area contributed by atoms with Crippen molar-refractivity contribution in [2.75, 3.05) is 25.9 Å². The largest absolute Gasteiger partial charge is 0.399 e. The first kappa shape index (κ1) is 15.0. The summed E-state index contributed by atoms with van der Waals surface area (Å²) in [6.07, 6.45) is 0. The predicted octanol–water partition coefficient (Wildman–Crippen LogP) is 0.967. The van der Waals surface area contributed by atoms with Crippen LogP contribution in [0.25, 0.3) is 0 Å². The quantitative estimate of drug-likeness (QED) is 0.777. The second-order valence-corrected chi connectivity index (χ2v) is 4.42. The highest BCUT2D eigenvalue weighted by Gasteiger charge is 2.22. The average molecular weight is 263 g/mol. The minimum Gasteiger partial charge on any atom is -0.399 e. The van der Waals surface area contributed by atoms with Crippen molar-refractivity contribution in [2.24, 2.45) is 0 Å². The second kappa shape index (κ2) is 6.78. The number of carbonyl (C=O) groups excluding carboxylic acids is 2. The smallest absolute Gasteiger partial charge is 0.239 e. The van der Waals surface area contributed by atoms with Crippen molar-refractivity contribution >= 4 is 17.5 Å². The molecule has 104 valence electrons. The number of amides is 2. The van der Waals surface area contributed by atoms with Gasteiger partial charge >= 0.3 is 0 Å². The Morgan fingerprint density at radius 3 is 2.63 bits per heavy atom. The third-order valence-corrected chi connectivity index (χ3v) is 3.09. The lowest BCUT2D eigenvalue weighted by molar-refractivity contribution is -0.136. The zero-order valence-electron chi connectivity index (χ0n) is 11.6. The molecule has 19 heavy (non-hydrogen) atoms. The van der Waals surface area contributed by atoms with Crippen molar-refractivity contribution in [1.29, 1.82) is 0 Å². The molecule has 3 N–H and O–H groups in total. The Morgan fingerprint density at radius 2 is 2.11 bits per heavy atom. The number of likely N-dealkylation sites (N-methyl/N-ethyl adjacent to an activating group) is 2. The van der Waals surface area contributed by atoms with Crippen molar-refractivity contribution in [1.82, 2.24) is 10.2 Å². The van der Waals surface area contributed by atoms with Crippen molar-refractivity contribution in [3.63, 3.8) is 0 Å². The van der Waals surface area contributed by atoms with Gasteiger partial charge in [-0.25, -0.2) is 0 Å². The first-order chi connectivity index (χ1) is 8.99. The van der Waals surface area contributed by atoms with Crippen LogP contribution in [0, 0.1) is 0 Å². The Balaban J connectivity index is 2.82. The summed E-state index contributed by atoms with van der Waals surface area (Å²) in [6, 6.07) is 7.26. The van der Waals surface area contributed by atoms with Crippen LogP contribution < -0.4 is 11.1 Å². The number of nitrogen functional groups attached to an aromatic ring is 1. The van der Waals surface area contributed by atoms with E-state index in [4.69, 9.17) is 5.73 Å². The van der Waals surface area contributed by atoms with E-state index in [1.807, 2.05) is 26.0 Å². The topological polar surface area (TPSA) is 75.4 Å².